The van der Waals surface area contributed by atoms with Gasteiger partial charge in [0.05, 0.1) is 17.0 Å². The summed E-state index contributed by atoms with van der Waals surface area (Å²) in [5, 5.41) is 10.6. The van der Waals surface area contributed by atoms with E-state index in [1.807, 2.05) is 80.2 Å². The minimum absolute atomic E-state index is 0.00445. The number of hydrogen-bond donors (Lipinski definition) is 0. The second-order valence-corrected chi connectivity index (χ2v) is 16.5. The van der Waals surface area contributed by atoms with Crippen LogP contribution in [0.2, 0.25) is 0 Å². The average Bonchev–Trinajstić information content (AvgIpc) is 3.25. The molecule has 2 aromatic rings. The van der Waals surface area contributed by atoms with E-state index in [1.54, 1.807) is 0 Å². The number of nitriles is 1. The van der Waals surface area contributed by atoms with E-state index in [0.29, 0.717) is 17.6 Å². The van der Waals surface area contributed by atoms with Crippen molar-refractivity contribution in [2.45, 2.75) is 159 Å². The monoisotopic (exact) mass is 827 g/mol. The maximum atomic E-state index is 12.8. The molecule has 6 heteroatoms. The molecular weight excluding hydrogens is 745 g/mol. The number of allylic oxidation sites excluding steroid dienone is 6. The van der Waals surface area contributed by atoms with E-state index >= 15 is 0 Å². The van der Waals surface area contributed by atoms with Crippen LogP contribution in [0.1, 0.15) is 168 Å². The van der Waals surface area contributed by atoms with E-state index in [0.717, 1.165) is 30.1 Å². The highest BCUT2D eigenvalue weighted by Gasteiger charge is 2.38. The Bertz CT molecular complexity index is 1530. The number of ketones is 1. The highest BCUT2D eigenvalue weighted by atomic mass is 32.2. The van der Waals surface area contributed by atoms with Crippen LogP contribution in [0.15, 0.2) is 107 Å². The SMILES string of the molecule is C=C(SC)N(CCCCCCCC)CCCCCCCC.CC=O.CCC(C)(C)/C(C)=C\C=C1\C(C)=C(C#N)C1C(=O)c1ccccc1.CCC=O.Cc1ccccc1. The van der Waals surface area contributed by atoms with Gasteiger partial charge in [0.15, 0.2) is 5.78 Å². The minimum Gasteiger partial charge on any atom is -0.367 e. The molecular formula is C53H82N2O3S. The molecule has 0 aromatic heterocycles. The maximum Gasteiger partial charge on any atom is 0.175 e. The van der Waals surface area contributed by atoms with Crippen molar-refractivity contribution in [1.82, 2.24) is 4.90 Å². The number of rotatable bonds is 22. The number of hydrogen-bond acceptors (Lipinski definition) is 6. The number of carbonyl (C=O) groups is 3. The maximum absolute atomic E-state index is 12.8. The fourth-order valence-corrected chi connectivity index (χ4v) is 6.43. The third-order valence-electron chi connectivity index (χ3n) is 10.6. The number of aryl methyl sites for hydroxylation is 1. The molecule has 0 radical (unpaired) electrons. The molecule has 59 heavy (non-hydrogen) atoms. The van der Waals surface area contributed by atoms with Gasteiger partial charge >= 0.3 is 0 Å². The number of aldehydes is 2. The fourth-order valence-electron chi connectivity index (χ4n) is 5.99. The Kier molecular flexibility index (Phi) is 35.9. The predicted molar refractivity (Wildman–Crippen MR) is 259 cm³/mol. The molecule has 0 heterocycles. The van der Waals surface area contributed by atoms with Gasteiger partial charge in [-0.1, -0.05) is 196 Å². The number of Topliss-reactive ketones (excluding diaryl/α,β-unsaturated/α-hetero) is 1. The topological polar surface area (TPSA) is 78.2 Å². The Hall–Kier alpha value is -3.95. The number of benzene rings is 2. The van der Waals surface area contributed by atoms with Gasteiger partial charge in [0.1, 0.15) is 12.6 Å². The third kappa shape index (κ3) is 26.0. The minimum atomic E-state index is -0.425. The lowest BCUT2D eigenvalue weighted by Crippen LogP contribution is -2.28. The van der Waals surface area contributed by atoms with Crippen molar-refractivity contribution < 1.29 is 14.4 Å². The number of nitrogens with zero attached hydrogens (tertiary/aromatic N) is 2. The lowest BCUT2D eigenvalue weighted by molar-refractivity contribution is -0.107. The normalized spacial score (nSPS) is 13.6. The summed E-state index contributed by atoms with van der Waals surface area (Å²) in [6.45, 7) is 27.2. The van der Waals surface area contributed by atoms with Gasteiger partial charge < -0.3 is 14.5 Å². The zero-order valence-electron chi connectivity index (χ0n) is 39.2. The number of thioether (sulfide) groups is 1. The van der Waals surface area contributed by atoms with Gasteiger partial charge in [-0.3, -0.25) is 4.79 Å². The number of carbonyl (C=O) groups excluding carboxylic acids is 3. The number of unbranched alkanes of at least 4 members (excludes halogenated alkanes) is 10. The summed E-state index contributed by atoms with van der Waals surface area (Å²) >= 11 is 1.81. The largest absolute Gasteiger partial charge is 0.367 e. The lowest BCUT2D eigenvalue weighted by Gasteiger charge is -2.30. The Labute approximate surface area is 366 Å². The van der Waals surface area contributed by atoms with E-state index in [4.69, 9.17) is 4.79 Å². The van der Waals surface area contributed by atoms with Crippen LogP contribution in [-0.2, 0) is 9.59 Å². The van der Waals surface area contributed by atoms with Gasteiger partial charge in [0.2, 0.25) is 0 Å². The summed E-state index contributed by atoms with van der Waals surface area (Å²) in [5.74, 6) is -0.420. The smallest absolute Gasteiger partial charge is 0.175 e. The Morgan fingerprint density at radius 1 is 0.814 bits per heavy atom. The van der Waals surface area contributed by atoms with Gasteiger partial charge in [-0.05, 0) is 69.8 Å². The van der Waals surface area contributed by atoms with Gasteiger partial charge in [-0.15, -0.1) is 11.8 Å². The molecule has 1 aliphatic carbocycles. The van der Waals surface area contributed by atoms with E-state index in [9.17, 15) is 14.9 Å². The van der Waals surface area contributed by atoms with Crippen molar-refractivity contribution in [2.24, 2.45) is 11.3 Å². The fraction of sp³-hybridized carbons (Fsp3) is 0.547. The molecule has 0 saturated carbocycles. The van der Waals surface area contributed by atoms with Crippen molar-refractivity contribution in [3.63, 3.8) is 0 Å². The standard InChI is InChI=1S/C22H25NO.C19H39NS.C7H8.C3H6O.C2H4O/c1-6-22(4,5)15(2)12-13-18-16(3)19(14-23)20(18)21(24)17-10-8-7-9-11-17;1-5-7-9-11-13-15-17-20(19(3)21-4)18-16-14-12-10-8-6-2;1-7-5-3-2-4-6-7;1-2-3-4;1-2-3/h7-13,20H,6H2,1-5H3;3,5-18H2,1-2,4H3;2-6H,1H3;3H,2H2,1H3;2H,1H3/b15-12-,18-13-;;;;. The van der Waals surface area contributed by atoms with Crippen LogP contribution in [-0.4, -0.2) is 42.6 Å². The zero-order valence-corrected chi connectivity index (χ0v) is 40.0. The Morgan fingerprint density at radius 2 is 1.25 bits per heavy atom. The molecule has 3 rings (SSSR count). The second kappa shape index (κ2) is 37.1. The molecule has 0 aliphatic heterocycles. The molecule has 0 bridgehead atoms. The van der Waals surface area contributed by atoms with Gasteiger partial charge in [-0.2, -0.15) is 5.26 Å². The molecule has 1 aliphatic rings. The molecule has 0 fully saturated rings. The molecule has 328 valence electrons. The first kappa shape index (κ1) is 57.1. The van der Waals surface area contributed by atoms with Crippen LogP contribution in [0, 0.1) is 29.6 Å². The van der Waals surface area contributed by atoms with Crippen LogP contribution in [0.4, 0.5) is 0 Å². The average molecular weight is 827 g/mol. The van der Waals surface area contributed by atoms with E-state index in [2.05, 4.69) is 90.5 Å². The highest BCUT2D eigenvalue weighted by Crippen LogP contribution is 2.42. The van der Waals surface area contributed by atoms with Crippen LogP contribution < -0.4 is 0 Å². The van der Waals surface area contributed by atoms with E-state index in [1.165, 1.54) is 113 Å². The summed E-state index contributed by atoms with van der Waals surface area (Å²) in [5.41, 5.74) is 5.88. The molecule has 0 amide bonds. The van der Waals surface area contributed by atoms with Crippen molar-refractivity contribution in [1.29, 1.82) is 5.26 Å². The summed E-state index contributed by atoms with van der Waals surface area (Å²) in [6, 6.07) is 21.7. The molecule has 5 nitrogen and oxygen atoms in total. The van der Waals surface area contributed by atoms with Crippen LogP contribution in [0.3, 0.4) is 0 Å². The van der Waals surface area contributed by atoms with Crippen LogP contribution in [0.5, 0.6) is 0 Å². The molecule has 0 saturated heterocycles. The Balaban J connectivity index is 0. The lowest BCUT2D eigenvalue weighted by atomic mass is 9.70. The first-order valence-electron chi connectivity index (χ1n) is 22.2. The summed E-state index contributed by atoms with van der Waals surface area (Å²) in [6.07, 6.45) is 26.2. The third-order valence-corrected chi connectivity index (χ3v) is 11.3. The zero-order chi connectivity index (χ0) is 44.9. The van der Waals surface area contributed by atoms with Crippen LogP contribution in [0.25, 0.3) is 0 Å². The molecule has 1 atom stereocenters. The van der Waals surface area contributed by atoms with Crippen molar-refractivity contribution >= 4 is 30.1 Å². The van der Waals surface area contributed by atoms with Gasteiger partial charge in [-0.25, -0.2) is 0 Å². The molecule has 2 aromatic carbocycles. The van der Waals surface area contributed by atoms with Gasteiger partial charge in [0.25, 0.3) is 0 Å². The molecule has 0 N–H and O–H groups in total. The molecule has 0 spiro atoms. The van der Waals surface area contributed by atoms with E-state index in [-0.39, 0.29) is 11.2 Å². The quantitative estimate of drug-likeness (QED) is 0.0668. The van der Waals surface area contributed by atoms with Crippen molar-refractivity contribution in [2.75, 3.05) is 19.3 Å². The summed E-state index contributed by atoms with van der Waals surface area (Å²) in [7, 11) is 0. The predicted octanol–water partition coefficient (Wildman–Crippen LogP) is 15.3. The van der Waals surface area contributed by atoms with Gasteiger partial charge in [0, 0.05) is 30.6 Å². The second-order valence-electron chi connectivity index (χ2n) is 15.6. The van der Waals surface area contributed by atoms with Crippen molar-refractivity contribution in [3.05, 3.63) is 118 Å². The summed E-state index contributed by atoms with van der Waals surface area (Å²) < 4.78 is 0. The highest BCUT2D eigenvalue weighted by molar-refractivity contribution is 8.02. The first-order valence-corrected chi connectivity index (χ1v) is 23.5. The van der Waals surface area contributed by atoms with Crippen molar-refractivity contribution in [3.8, 4) is 6.07 Å². The van der Waals surface area contributed by atoms with E-state index < -0.39 is 5.92 Å². The Morgan fingerprint density at radius 3 is 1.63 bits per heavy atom. The molecule has 1 unspecified atom stereocenters. The summed E-state index contributed by atoms with van der Waals surface area (Å²) in [4.78, 5) is 33.3. The van der Waals surface area contributed by atoms with Crippen LogP contribution >= 0.6 is 11.8 Å². The first-order chi connectivity index (χ1) is 28.3.